The van der Waals surface area contributed by atoms with Gasteiger partial charge in [0.15, 0.2) is 0 Å². The Morgan fingerprint density at radius 3 is 2.43 bits per heavy atom. The van der Waals surface area contributed by atoms with Crippen molar-refractivity contribution in [3.8, 4) is 0 Å². The van der Waals surface area contributed by atoms with E-state index in [1.807, 2.05) is 0 Å². The zero-order valence-corrected chi connectivity index (χ0v) is 8.50. The van der Waals surface area contributed by atoms with Crippen molar-refractivity contribution in [2.24, 2.45) is 0 Å². The van der Waals surface area contributed by atoms with E-state index in [1.54, 1.807) is 24.3 Å². The molecule has 4 N–H and O–H groups in total. The van der Waals surface area contributed by atoms with E-state index in [1.165, 1.54) is 6.07 Å². The van der Waals surface area contributed by atoms with E-state index in [0.717, 1.165) is 0 Å². The Morgan fingerprint density at radius 1 is 1.36 bits per heavy atom. The van der Waals surface area contributed by atoms with Gasteiger partial charge in [-0.1, -0.05) is 24.3 Å². The molecule has 0 aromatic heterocycles. The molecule has 4 nitrogen and oxygen atoms in total. The van der Waals surface area contributed by atoms with E-state index in [9.17, 15) is 8.42 Å². The van der Waals surface area contributed by atoms with Gasteiger partial charge < -0.3 is 6.15 Å². The third-order valence-corrected chi connectivity index (χ3v) is 2.57. The summed E-state index contributed by atoms with van der Waals surface area (Å²) in [5.41, 5.74) is 0.556. The molecule has 0 aliphatic carbocycles. The van der Waals surface area contributed by atoms with Gasteiger partial charge in [-0.05, 0) is 18.1 Å². The van der Waals surface area contributed by atoms with E-state index in [4.69, 9.17) is 4.55 Å². The largest absolute Gasteiger partial charge is 0.344 e. The molecule has 0 saturated heterocycles. The lowest BCUT2D eigenvalue weighted by atomic mass is 10.1. The van der Waals surface area contributed by atoms with Crippen LogP contribution in [0.5, 0.6) is 0 Å². The molecule has 0 bridgehead atoms. The van der Waals surface area contributed by atoms with Crippen molar-refractivity contribution in [2.75, 3.05) is 0 Å². The summed E-state index contributed by atoms with van der Waals surface area (Å²) in [4.78, 5) is -0.0464. The Labute approximate surface area is 83.6 Å². The van der Waals surface area contributed by atoms with Crippen molar-refractivity contribution >= 4 is 10.1 Å². The highest BCUT2D eigenvalue weighted by Gasteiger charge is 2.12. The molecule has 0 amide bonds. The smallest absolute Gasteiger partial charge is 0.294 e. The van der Waals surface area contributed by atoms with Crippen molar-refractivity contribution in [3.63, 3.8) is 0 Å². The quantitative estimate of drug-likeness (QED) is 0.594. The standard InChI is InChI=1S/C9H10O3S.H3N/c1-2-5-8-6-3-4-7-9(8)13(10,11)12;/h2-4,6-7H,1,5H2,(H,10,11,12);1H3. The summed E-state index contributed by atoms with van der Waals surface area (Å²) < 4.78 is 30.5. The van der Waals surface area contributed by atoms with Gasteiger partial charge in [0.25, 0.3) is 10.1 Å². The van der Waals surface area contributed by atoms with E-state index < -0.39 is 10.1 Å². The van der Waals surface area contributed by atoms with Crippen molar-refractivity contribution in [3.05, 3.63) is 42.5 Å². The molecule has 0 aliphatic heterocycles. The van der Waals surface area contributed by atoms with Gasteiger partial charge in [0.1, 0.15) is 0 Å². The summed E-state index contributed by atoms with van der Waals surface area (Å²) in [6.45, 7) is 3.50. The molecule has 0 aliphatic rings. The second-order valence-electron chi connectivity index (χ2n) is 2.58. The van der Waals surface area contributed by atoms with Crippen LogP contribution in [-0.4, -0.2) is 13.0 Å². The van der Waals surface area contributed by atoms with Crippen molar-refractivity contribution in [1.29, 1.82) is 0 Å². The Bertz CT molecular complexity index is 412. The zero-order chi connectivity index (χ0) is 9.90. The average Bonchev–Trinajstić information content (AvgIpc) is 2.04. The maximum Gasteiger partial charge on any atom is 0.294 e. The molecule has 1 rings (SSSR count). The lowest BCUT2D eigenvalue weighted by molar-refractivity contribution is 0.482. The van der Waals surface area contributed by atoms with Crippen molar-refractivity contribution in [1.82, 2.24) is 6.15 Å². The van der Waals surface area contributed by atoms with Gasteiger partial charge in [0.05, 0.1) is 4.90 Å². The lowest BCUT2D eigenvalue weighted by Crippen LogP contribution is -2.02. The maximum absolute atomic E-state index is 10.8. The number of rotatable bonds is 3. The first-order chi connectivity index (χ1) is 6.05. The summed E-state index contributed by atoms with van der Waals surface area (Å²) in [5, 5.41) is 0. The third-order valence-electron chi connectivity index (χ3n) is 1.61. The van der Waals surface area contributed by atoms with Gasteiger partial charge >= 0.3 is 0 Å². The highest BCUT2D eigenvalue weighted by molar-refractivity contribution is 7.85. The zero-order valence-electron chi connectivity index (χ0n) is 7.68. The van der Waals surface area contributed by atoms with Gasteiger partial charge in [-0.25, -0.2) is 0 Å². The van der Waals surface area contributed by atoms with Crippen LogP contribution < -0.4 is 6.15 Å². The monoisotopic (exact) mass is 215 g/mol. The summed E-state index contributed by atoms with van der Waals surface area (Å²) in [7, 11) is -4.10. The fourth-order valence-corrected chi connectivity index (χ4v) is 1.81. The van der Waals surface area contributed by atoms with Gasteiger partial charge in [0, 0.05) is 0 Å². The van der Waals surface area contributed by atoms with Crippen LogP contribution in [0.1, 0.15) is 5.56 Å². The molecule has 1 aromatic carbocycles. The number of hydrogen-bond donors (Lipinski definition) is 2. The second kappa shape index (κ2) is 4.90. The first kappa shape index (κ1) is 12.8. The summed E-state index contributed by atoms with van der Waals surface area (Å²) >= 11 is 0. The molecule has 78 valence electrons. The van der Waals surface area contributed by atoms with Crippen LogP contribution in [0.15, 0.2) is 41.8 Å². The third kappa shape index (κ3) is 2.95. The minimum absolute atomic E-state index is 0. The van der Waals surface area contributed by atoms with Gasteiger partial charge in [-0.3, -0.25) is 4.55 Å². The molecule has 0 spiro atoms. The molecule has 0 radical (unpaired) electrons. The fourth-order valence-electron chi connectivity index (χ4n) is 1.08. The molecule has 14 heavy (non-hydrogen) atoms. The lowest BCUT2D eigenvalue weighted by Gasteiger charge is -2.02. The molecular formula is C9H13NO3S. The molecule has 0 unspecified atom stereocenters. The van der Waals surface area contributed by atoms with E-state index in [-0.39, 0.29) is 11.0 Å². The van der Waals surface area contributed by atoms with Crippen LogP contribution in [0.2, 0.25) is 0 Å². The predicted octanol–water partition coefficient (Wildman–Crippen LogP) is 1.82. The normalized spacial score (nSPS) is 10.4. The molecule has 5 heteroatoms. The molecule has 0 atom stereocenters. The van der Waals surface area contributed by atoms with Crippen LogP contribution in [-0.2, 0) is 16.5 Å². The van der Waals surface area contributed by atoms with E-state index >= 15 is 0 Å². The summed E-state index contributed by atoms with van der Waals surface area (Å²) in [6.07, 6.45) is 2.01. The van der Waals surface area contributed by atoms with Crippen LogP contribution >= 0.6 is 0 Å². The van der Waals surface area contributed by atoms with Gasteiger partial charge in [-0.15, -0.1) is 6.58 Å². The fraction of sp³-hybridized carbons (Fsp3) is 0.111. The molecule has 0 saturated carbocycles. The highest BCUT2D eigenvalue weighted by Crippen LogP contribution is 2.15. The van der Waals surface area contributed by atoms with Crippen LogP contribution in [0, 0.1) is 0 Å². The van der Waals surface area contributed by atoms with E-state index in [2.05, 4.69) is 6.58 Å². The topological polar surface area (TPSA) is 89.4 Å². The van der Waals surface area contributed by atoms with Crippen molar-refractivity contribution in [2.45, 2.75) is 11.3 Å². The van der Waals surface area contributed by atoms with Crippen molar-refractivity contribution < 1.29 is 13.0 Å². The van der Waals surface area contributed by atoms with E-state index in [0.29, 0.717) is 12.0 Å². The Balaban J connectivity index is 0.00000169. The molecule has 0 heterocycles. The van der Waals surface area contributed by atoms with Gasteiger partial charge in [-0.2, -0.15) is 8.42 Å². The SMILES string of the molecule is C=CCc1ccccc1S(=O)(=O)O.N. The number of benzene rings is 1. The number of allylic oxidation sites excluding steroid dienone is 1. The second-order valence-corrected chi connectivity index (χ2v) is 3.97. The highest BCUT2D eigenvalue weighted by atomic mass is 32.2. The van der Waals surface area contributed by atoms with Crippen LogP contribution in [0.25, 0.3) is 0 Å². The maximum atomic E-state index is 10.8. The first-order valence-electron chi connectivity index (χ1n) is 3.72. The Morgan fingerprint density at radius 2 is 1.93 bits per heavy atom. The Hall–Kier alpha value is -1.17. The number of hydrogen-bond acceptors (Lipinski definition) is 3. The summed E-state index contributed by atoms with van der Waals surface area (Å²) in [5.74, 6) is 0. The average molecular weight is 215 g/mol. The van der Waals surface area contributed by atoms with Gasteiger partial charge in [0.2, 0.25) is 0 Å². The van der Waals surface area contributed by atoms with Crippen LogP contribution in [0.3, 0.4) is 0 Å². The molecule has 1 aromatic rings. The predicted molar refractivity (Wildman–Crippen MR) is 55.2 cm³/mol. The summed E-state index contributed by atoms with van der Waals surface area (Å²) in [6, 6.07) is 6.29. The minimum atomic E-state index is -4.10. The molecular weight excluding hydrogens is 202 g/mol. The first-order valence-corrected chi connectivity index (χ1v) is 5.16. The molecule has 0 fully saturated rings. The minimum Gasteiger partial charge on any atom is -0.344 e. The van der Waals surface area contributed by atoms with Crippen LogP contribution in [0.4, 0.5) is 0 Å². The Kier molecular flexibility index (Phi) is 4.49.